The smallest absolute Gasteiger partial charge is 0.249 e. The molecule has 1 heterocycles. The van der Waals surface area contributed by atoms with Gasteiger partial charge in [0.05, 0.1) is 11.1 Å². The molecule has 0 radical (unpaired) electrons. The molecule has 2 aromatic carbocycles. The summed E-state index contributed by atoms with van der Waals surface area (Å²) in [6.45, 7) is 1.84. The molecule has 6 heteroatoms. The van der Waals surface area contributed by atoms with Crippen LogP contribution in [0.4, 0.5) is 0 Å². The summed E-state index contributed by atoms with van der Waals surface area (Å²) in [4.78, 5) is 15.6. The molecule has 24 heavy (non-hydrogen) atoms. The van der Waals surface area contributed by atoms with Gasteiger partial charge >= 0.3 is 0 Å². The van der Waals surface area contributed by atoms with Gasteiger partial charge in [0.15, 0.2) is 0 Å². The SMILES string of the molecule is Cc1cc(C(N)=O)c2cc(Br)ccc2n1.N=Cc1ccccc1O. The number of nitrogens with two attached hydrogens (primary N) is 1. The van der Waals surface area contributed by atoms with Crippen LogP contribution in [0.1, 0.15) is 21.6 Å². The van der Waals surface area contributed by atoms with E-state index in [0.717, 1.165) is 27.3 Å². The van der Waals surface area contributed by atoms with Crippen LogP contribution in [-0.2, 0) is 0 Å². The average Bonchev–Trinajstić information content (AvgIpc) is 2.55. The number of phenolic OH excluding ortho intramolecular Hbond substituents is 1. The zero-order valence-corrected chi connectivity index (χ0v) is 14.5. The first kappa shape index (κ1) is 17.6. The second kappa shape index (κ2) is 7.70. The van der Waals surface area contributed by atoms with Gasteiger partial charge in [-0.1, -0.05) is 28.1 Å². The average molecular weight is 386 g/mol. The minimum Gasteiger partial charge on any atom is -0.507 e. The summed E-state index contributed by atoms with van der Waals surface area (Å²) < 4.78 is 0.906. The number of nitrogens with one attached hydrogen (secondary N) is 1. The largest absolute Gasteiger partial charge is 0.507 e. The van der Waals surface area contributed by atoms with Crippen LogP contribution in [0, 0.1) is 12.3 Å². The maximum atomic E-state index is 11.3. The number of para-hydroxylation sites is 1. The summed E-state index contributed by atoms with van der Waals surface area (Å²) in [5, 5.41) is 16.5. The number of hydrogen-bond donors (Lipinski definition) is 3. The van der Waals surface area contributed by atoms with Crippen molar-refractivity contribution in [1.29, 1.82) is 5.41 Å². The predicted molar refractivity (Wildman–Crippen MR) is 98.7 cm³/mol. The Hall–Kier alpha value is -2.73. The second-order valence-electron chi connectivity index (χ2n) is 5.04. The molecule has 1 amide bonds. The van der Waals surface area contributed by atoms with Crippen LogP contribution in [0.5, 0.6) is 5.75 Å². The van der Waals surface area contributed by atoms with E-state index in [1.54, 1.807) is 30.3 Å². The molecular formula is C18H16BrN3O2. The number of rotatable bonds is 2. The first-order valence-corrected chi connectivity index (χ1v) is 7.87. The first-order valence-electron chi connectivity index (χ1n) is 7.07. The quantitative estimate of drug-likeness (QED) is 0.584. The van der Waals surface area contributed by atoms with Crippen LogP contribution >= 0.6 is 15.9 Å². The van der Waals surface area contributed by atoms with Crippen LogP contribution in [0.15, 0.2) is 53.0 Å². The van der Waals surface area contributed by atoms with Crippen molar-refractivity contribution in [1.82, 2.24) is 4.98 Å². The Bertz CT molecular complexity index is 910. The van der Waals surface area contributed by atoms with E-state index >= 15 is 0 Å². The van der Waals surface area contributed by atoms with E-state index in [-0.39, 0.29) is 5.75 Å². The number of benzene rings is 2. The van der Waals surface area contributed by atoms with Crippen molar-refractivity contribution < 1.29 is 9.90 Å². The molecule has 0 saturated heterocycles. The Kier molecular flexibility index (Phi) is 5.65. The lowest BCUT2D eigenvalue weighted by Crippen LogP contribution is -2.12. The van der Waals surface area contributed by atoms with Gasteiger partial charge < -0.3 is 16.2 Å². The Morgan fingerprint density at radius 3 is 2.54 bits per heavy atom. The lowest BCUT2D eigenvalue weighted by atomic mass is 10.1. The fourth-order valence-electron chi connectivity index (χ4n) is 2.14. The van der Waals surface area contributed by atoms with Gasteiger partial charge in [0.1, 0.15) is 5.75 Å². The molecule has 0 atom stereocenters. The van der Waals surface area contributed by atoms with Crippen molar-refractivity contribution in [3.63, 3.8) is 0 Å². The Morgan fingerprint density at radius 2 is 1.96 bits per heavy atom. The highest BCUT2D eigenvalue weighted by Crippen LogP contribution is 2.22. The minimum atomic E-state index is -0.427. The third-order valence-electron chi connectivity index (χ3n) is 3.26. The molecule has 1 aromatic heterocycles. The number of amides is 1. The lowest BCUT2D eigenvalue weighted by molar-refractivity contribution is 0.100. The third kappa shape index (κ3) is 4.17. The highest BCUT2D eigenvalue weighted by molar-refractivity contribution is 9.10. The molecule has 0 aliphatic rings. The van der Waals surface area contributed by atoms with Gasteiger partial charge in [-0.05, 0) is 43.3 Å². The van der Waals surface area contributed by atoms with Crippen LogP contribution < -0.4 is 5.73 Å². The summed E-state index contributed by atoms with van der Waals surface area (Å²) in [5.41, 5.74) is 7.96. The molecule has 0 bridgehead atoms. The van der Waals surface area contributed by atoms with Gasteiger partial charge in [-0.3, -0.25) is 9.78 Å². The molecule has 0 aliphatic carbocycles. The number of hydrogen-bond acceptors (Lipinski definition) is 4. The van der Waals surface area contributed by atoms with E-state index < -0.39 is 5.91 Å². The summed E-state index contributed by atoms with van der Waals surface area (Å²) in [6, 6.07) is 14.0. The van der Waals surface area contributed by atoms with E-state index in [2.05, 4.69) is 20.9 Å². The summed E-state index contributed by atoms with van der Waals surface area (Å²) in [7, 11) is 0. The highest BCUT2D eigenvalue weighted by atomic mass is 79.9. The number of pyridine rings is 1. The second-order valence-corrected chi connectivity index (χ2v) is 5.96. The van der Waals surface area contributed by atoms with Crippen molar-refractivity contribution in [2.75, 3.05) is 0 Å². The standard InChI is InChI=1S/C11H9BrN2O.C7H7NO/c1-6-4-9(11(13)15)8-5-7(12)2-3-10(8)14-6;8-5-6-3-1-2-4-7(6)9/h2-5H,1H3,(H2,13,15);1-5,8-9H. The van der Waals surface area contributed by atoms with Crippen LogP contribution in [0.25, 0.3) is 10.9 Å². The Balaban J connectivity index is 0.000000198. The van der Waals surface area contributed by atoms with Crippen molar-refractivity contribution in [2.45, 2.75) is 6.92 Å². The molecule has 0 aliphatic heterocycles. The number of primary amides is 1. The monoisotopic (exact) mass is 385 g/mol. The maximum absolute atomic E-state index is 11.3. The topological polar surface area (TPSA) is 100 Å². The number of carbonyl (C=O) groups is 1. The number of aromatic nitrogens is 1. The van der Waals surface area contributed by atoms with Gasteiger partial charge in [0.2, 0.25) is 5.91 Å². The molecule has 122 valence electrons. The molecule has 3 aromatic rings. The zero-order chi connectivity index (χ0) is 17.7. The molecule has 4 N–H and O–H groups in total. The number of aryl methyl sites for hydroxylation is 1. The number of phenols is 1. The molecule has 0 spiro atoms. The predicted octanol–water partition coefficient (Wildman–Crippen LogP) is 3.79. The summed E-state index contributed by atoms with van der Waals surface area (Å²) >= 11 is 3.35. The minimum absolute atomic E-state index is 0.160. The van der Waals surface area contributed by atoms with E-state index in [1.165, 1.54) is 0 Å². The fourth-order valence-corrected chi connectivity index (χ4v) is 2.50. The Labute approximate surface area is 147 Å². The maximum Gasteiger partial charge on any atom is 0.249 e. The zero-order valence-electron chi connectivity index (χ0n) is 13.0. The van der Waals surface area contributed by atoms with Crippen LogP contribution in [0.2, 0.25) is 0 Å². The van der Waals surface area contributed by atoms with Gasteiger partial charge in [0, 0.05) is 27.3 Å². The third-order valence-corrected chi connectivity index (χ3v) is 3.75. The molecule has 3 rings (SSSR count). The van der Waals surface area contributed by atoms with Crippen LogP contribution in [0.3, 0.4) is 0 Å². The van der Waals surface area contributed by atoms with Crippen molar-refractivity contribution >= 4 is 39.0 Å². The molecule has 5 nitrogen and oxygen atoms in total. The Morgan fingerprint density at radius 1 is 1.25 bits per heavy atom. The normalized spacial score (nSPS) is 9.92. The highest BCUT2D eigenvalue weighted by Gasteiger charge is 2.08. The number of aromatic hydroxyl groups is 1. The number of carbonyl (C=O) groups excluding carboxylic acids is 1. The van der Waals surface area contributed by atoms with E-state index in [4.69, 9.17) is 16.2 Å². The van der Waals surface area contributed by atoms with Crippen molar-refractivity contribution in [3.8, 4) is 5.75 Å². The number of fused-ring (bicyclic) bond motifs is 1. The van der Waals surface area contributed by atoms with Gasteiger partial charge in [-0.2, -0.15) is 0 Å². The molecule has 0 unspecified atom stereocenters. The summed E-state index contributed by atoms with van der Waals surface area (Å²) in [6.07, 6.45) is 1.12. The summed E-state index contributed by atoms with van der Waals surface area (Å²) in [5.74, 6) is -0.267. The fraction of sp³-hybridized carbons (Fsp3) is 0.0556. The van der Waals surface area contributed by atoms with Crippen molar-refractivity contribution in [2.24, 2.45) is 5.73 Å². The van der Waals surface area contributed by atoms with E-state index in [9.17, 15) is 4.79 Å². The lowest BCUT2D eigenvalue weighted by Gasteiger charge is -2.04. The molecule has 0 saturated carbocycles. The van der Waals surface area contributed by atoms with Crippen molar-refractivity contribution in [3.05, 3.63) is 69.8 Å². The van der Waals surface area contributed by atoms with E-state index in [0.29, 0.717) is 11.1 Å². The molecule has 0 fully saturated rings. The number of halogens is 1. The first-order chi connectivity index (χ1) is 11.4. The van der Waals surface area contributed by atoms with Crippen LogP contribution in [-0.4, -0.2) is 22.2 Å². The van der Waals surface area contributed by atoms with Gasteiger partial charge in [0.25, 0.3) is 0 Å². The van der Waals surface area contributed by atoms with Gasteiger partial charge in [-0.25, -0.2) is 0 Å². The number of nitrogens with zero attached hydrogens (tertiary/aromatic N) is 1. The van der Waals surface area contributed by atoms with Gasteiger partial charge in [-0.15, -0.1) is 0 Å². The van der Waals surface area contributed by atoms with E-state index in [1.807, 2.05) is 25.1 Å². The molecular weight excluding hydrogens is 370 g/mol.